The molecule has 1 fully saturated rings. The molecule has 0 bridgehead atoms. The first-order valence-electron chi connectivity index (χ1n) is 9.00. The number of aryl methyl sites for hydroxylation is 2. The first-order valence-corrected chi connectivity index (χ1v) is 9.00. The first kappa shape index (κ1) is 15.4. The van der Waals surface area contributed by atoms with Crippen LogP contribution in [-0.4, -0.2) is 48.2 Å². The number of rotatable bonds is 3. The van der Waals surface area contributed by atoms with Crippen LogP contribution < -0.4 is 0 Å². The van der Waals surface area contributed by atoms with Gasteiger partial charge in [-0.2, -0.15) is 0 Å². The highest BCUT2D eigenvalue weighted by Crippen LogP contribution is 2.28. The Labute approximate surface area is 141 Å². The van der Waals surface area contributed by atoms with Crippen LogP contribution in [-0.2, 0) is 19.5 Å². The Morgan fingerprint density at radius 2 is 2.04 bits per heavy atom. The van der Waals surface area contributed by atoms with Gasteiger partial charge in [0.25, 0.3) is 5.91 Å². The summed E-state index contributed by atoms with van der Waals surface area (Å²) in [7, 11) is 0. The van der Waals surface area contributed by atoms with Crippen molar-refractivity contribution < 1.29 is 4.79 Å². The largest absolute Gasteiger partial charge is 0.336 e. The van der Waals surface area contributed by atoms with Crippen LogP contribution in [0.1, 0.15) is 60.8 Å². The Kier molecular flexibility index (Phi) is 4.08. The summed E-state index contributed by atoms with van der Waals surface area (Å²) in [4.78, 5) is 19.3. The predicted molar refractivity (Wildman–Crippen MR) is 88.7 cm³/mol. The second-order valence-electron chi connectivity index (χ2n) is 6.69. The van der Waals surface area contributed by atoms with Crippen molar-refractivity contribution in [3.8, 4) is 0 Å². The lowest BCUT2D eigenvalue weighted by Gasteiger charge is -2.31. The molecule has 128 valence electrons. The first-order chi connectivity index (χ1) is 11.8. The second-order valence-corrected chi connectivity index (χ2v) is 6.69. The molecule has 0 aromatic carbocycles. The van der Waals surface area contributed by atoms with Crippen molar-refractivity contribution >= 4 is 5.91 Å². The molecule has 7 heteroatoms. The smallest absolute Gasteiger partial charge is 0.291 e. The maximum atomic E-state index is 12.8. The molecular weight excluding hydrogens is 304 g/mol. The van der Waals surface area contributed by atoms with Gasteiger partial charge >= 0.3 is 0 Å². The van der Waals surface area contributed by atoms with Crippen LogP contribution in [0.15, 0.2) is 12.4 Å². The summed E-state index contributed by atoms with van der Waals surface area (Å²) in [5.41, 5.74) is 0. The summed E-state index contributed by atoms with van der Waals surface area (Å²) in [5.74, 6) is 3.12. The third-order valence-corrected chi connectivity index (χ3v) is 5.29. The number of amides is 1. The van der Waals surface area contributed by atoms with E-state index in [1.165, 1.54) is 0 Å². The summed E-state index contributed by atoms with van der Waals surface area (Å²) in [6, 6.07) is 0. The van der Waals surface area contributed by atoms with Gasteiger partial charge in [-0.25, -0.2) is 4.98 Å². The van der Waals surface area contributed by atoms with Gasteiger partial charge in [-0.05, 0) is 32.6 Å². The molecule has 1 saturated heterocycles. The summed E-state index contributed by atoms with van der Waals surface area (Å²) < 4.78 is 4.22. The standard InChI is InChI=1S/C17H24N6O/c1-2-21-12-8-18-15(21)13-6-10-22(11-7-13)17(24)16-20-19-14-5-3-4-9-23(14)16/h8,12-13H,2-7,9-11H2,1H3. The maximum absolute atomic E-state index is 12.8. The minimum Gasteiger partial charge on any atom is -0.336 e. The minimum atomic E-state index is 0.0351. The Bertz CT molecular complexity index is 725. The fourth-order valence-electron chi connectivity index (χ4n) is 3.90. The highest BCUT2D eigenvalue weighted by atomic mass is 16.2. The van der Waals surface area contributed by atoms with Crippen LogP contribution in [0.2, 0.25) is 0 Å². The molecule has 2 aromatic heterocycles. The zero-order valence-corrected chi connectivity index (χ0v) is 14.2. The number of hydrogen-bond acceptors (Lipinski definition) is 4. The van der Waals surface area contributed by atoms with E-state index in [4.69, 9.17) is 0 Å². The van der Waals surface area contributed by atoms with E-state index in [1.807, 2.05) is 21.9 Å². The number of piperidine rings is 1. The summed E-state index contributed by atoms with van der Waals surface area (Å²) in [6.45, 7) is 5.48. The van der Waals surface area contributed by atoms with Gasteiger partial charge in [-0.1, -0.05) is 0 Å². The molecule has 0 aliphatic carbocycles. The van der Waals surface area contributed by atoms with E-state index < -0.39 is 0 Å². The van der Waals surface area contributed by atoms with Gasteiger partial charge in [0.15, 0.2) is 0 Å². The van der Waals surface area contributed by atoms with Crippen LogP contribution >= 0.6 is 0 Å². The predicted octanol–water partition coefficient (Wildman–Crippen LogP) is 1.85. The zero-order valence-electron chi connectivity index (χ0n) is 14.2. The number of likely N-dealkylation sites (tertiary alicyclic amines) is 1. The van der Waals surface area contributed by atoms with E-state index in [9.17, 15) is 4.79 Å². The van der Waals surface area contributed by atoms with Gasteiger partial charge in [-0.3, -0.25) is 4.79 Å². The molecule has 7 nitrogen and oxygen atoms in total. The molecular formula is C17H24N6O. The molecule has 2 aliphatic heterocycles. The molecule has 0 radical (unpaired) electrons. The van der Waals surface area contributed by atoms with Gasteiger partial charge < -0.3 is 14.0 Å². The molecule has 0 atom stereocenters. The number of aromatic nitrogens is 5. The van der Waals surface area contributed by atoms with E-state index in [-0.39, 0.29) is 5.91 Å². The SMILES string of the molecule is CCn1ccnc1C1CCN(C(=O)c2nnc3n2CCCC3)CC1. The van der Waals surface area contributed by atoms with Crippen molar-refractivity contribution in [1.82, 2.24) is 29.2 Å². The average Bonchev–Trinajstić information content (AvgIpc) is 3.28. The molecule has 4 rings (SSSR count). The summed E-state index contributed by atoms with van der Waals surface area (Å²) >= 11 is 0. The lowest BCUT2D eigenvalue weighted by Crippen LogP contribution is -2.39. The van der Waals surface area contributed by atoms with Crippen molar-refractivity contribution in [3.05, 3.63) is 29.9 Å². The van der Waals surface area contributed by atoms with Crippen LogP contribution in [0.25, 0.3) is 0 Å². The fraction of sp³-hybridized carbons (Fsp3) is 0.647. The van der Waals surface area contributed by atoms with E-state index in [1.54, 1.807) is 0 Å². The van der Waals surface area contributed by atoms with Gasteiger partial charge in [0.2, 0.25) is 5.82 Å². The lowest BCUT2D eigenvalue weighted by atomic mass is 9.95. The van der Waals surface area contributed by atoms with E-state index in [0.29, 0.717) is 11.7 Å². The lowest BCUT2D eigenvalue weighted by molar-refractivity contribution is 0.0691. The second kappa shape index (κ2) is 6.37. The molecule has 4 heterocycles. The Hall–Kier alpha value is -2.18. The van der Waals surface area contributed by atoms with E-state index >= 15 is 0 Å². The third-order valence-electron chi connectivity index (χ3n) is 5.29. The molecule has 0 spiro atoms. The number of fused-ring (bicyclic) bond motifs is 1. The van der Waals surface area contributed by atoms with Crippen LogP contribution in [0, 0.1) is 0 Å². The minimum absolute atomic E-state index is 0.0351. The highest BCUT2D eigenvalue weighted by molar-refractivity contribution is 5.90. The number of carbonyl (C=O) groups is 1. The Balaban J connectivity index is 1.44. The van der Waals surface area contributed by atoms with Crippen LogP contribution in [0.3, 0.4) is 0 Å². The molecule has 1 amide bonds. The summed E-state index contributed by atoms with van der Waals surface area (Å²) in [5, 5.41) is 8.38. The molecule has 0 N–H and O–H groups in total. The monoisotopic (exact) mass is 328 g/mol. The van der Waals surface area contributed by atoms with Crippen LogP contribution in [0.4, 0.5) is 0 Å². The van der Waals surface area contributed by atoms with Crippen molar-refractivity contribution in [3.63, 3.8) is 0 Å². The maximum Gasteiger partial charge on any atom is 0.291 e. The molecule has 2 aliphatic rings. The summed E-state index contributed by atoms with van der Waals surface area (Å²) in [6.07, 6.45) is 9.01. The van der Waals surface area contributed by atoms with E-state index in [2.05, 4.69) is 26.7 Å². The van der Waals surface area contributed by atoms with Crippen LogP contribution in [0.5, 0.6) is 0 Å². The van der Waals surface area contributed by atoms with Gasteiger partial charge in [0, 0.05) is 50.9 Å². The number of imidazole rings is 1. The molecule has 24 heavy (non-hydrogen) atoms. The van der Waals surface area contributed by atoms with Gasteiger partial charge in [-0.15, -0.1) is 10.2 Å². The van der Waals surface area contributed by atoms with Gasteiger partial charge in [0.1, 0.15) is 11.6 Å². The molecule has 2 aromatic rings. The Morgan fingerprint density at radius 3 is 2.83 bits per heavy atom. The number of carbonyl (C=O) groups excluding carboxylic acids is 1. The van der Waals surface area contributed by atoms with Crippen molar-refractivity contribution in [2.75, 3.05) is 13.1 Å². The number of nitrogens with zero attached hydrogens (tertiary/aromatic N) is 6. The Morgan fingerprint density at radius 1 is 1.21 bits per heavy atom. The average molecular weight is 328 g/mol. The van der Waals surface area contributed by atoms with Crippen molar-refractivity contribution in [1.29, 1.82) is 0 Å². The molecule has 0 unspecified atom stereocenters. The quantitative estimate of drug-likeness (QED) is 0.862. The number of hydrogen-bond donors (Lipinski definition) is 0. The zero-order chi connectivity index (χ0) is 16.5. The normalized spacial score (nSPS) is 18.6. The van der Waals surface area contributed by atoms with Crippen molar-refractivity contribution in [2.24, 2.45) is 0 Å². The van der Waals surface area contributed by atoms with Crippen molar-refractivity contribution in [2.45, 2.75) is 58.0 Å². The van der Waals surface area contributed by atoms with E-state index in [0.717, 1.165) is 69.9 Å². The third kappa shape index (κ3) is 2.61. The topological polar surface area (TPSA) is 68.8 Å². The molecule has 0 saturated carbocycles. The van der Waals surface area contributed by atoms with Gasteiger partial charge in [0.05, 0.1) is 0 Å². The fourth-order valence-corrected chi connectivity index (χ4v) is 3.90. The highest BCUT2D eigenvalue weighted by Gasteiger charge is 2.30.